The quantitative estimate of drug-likeness (QED) is 0.774. The van der Waals surface area contributed by atoms with E-state index in [0.717, 1.165) is 15.7 Å². The lowest BCUT2D eigenvalue weighted by molar-refractivity contribution is 0.391. The lowest BCUT2D eigenvalue weighted by atomic mass is 10.1. The zero-order valence-corrected chi connectivity index (χ0v) is 13.4. The van der Waals surface area contributed by atoms with Crippen molar-refractivity contribution in [2.45, 2.75) is 19.5 Å². The first-order valence-corrected chi connectivity index (χ1v) is 7.92. The maximum atomic E-state index is 5.92. The van der Waals surface area contributed by atoms with E-state index in [2.05, 4.69) is 21.6 Å². The Bertz CT molecular complexity index is 735. The molecular weight excluding hydrogens is 306 g/mol. The summed E-state index contributed by atoms with van der Waals surface area (Å²) in [5.41, 5.74) is 2.24. The molecular formula is C15H16ClN3OS. The lowest BCUT2D eigenvalue weighted by Crippen LogP contribution is -2.19. The normalized spacial score (nSPS) is 12.7. The largest absolute Gasteiger partial charge is 0.480 e. The molecule has 0 unspecified atom stereocenters. The zero-order valence-electron chi connectivity index (χ0n) is 11.8. The third-order valence-electron chi connectivity index (χ3n) is 3.46. The molecule has 110 valence electrons. The van der Waals surface area contributed by atoms with E-state index in [1.54, 1.807) is 18.4 Å². The van der Waals surface area contributed by atoms with E-state index in [1.807, 2.05) is 35.8 Å². The van der Waals surface area contributed by atoms with Gasteiger partial charge in [0.25, 0.3) is 0 Å². The fourth-order valence-electron chi connectivity index (χ4n) is 2.26. The number of nitrogens with zero attached hydrogens (tertiary/aromatic N) is 2. The van der Waals surface area contributed by atoms with Crippen LogP contribution in [-0.4, -0.2) is 16.5 Å². The van der Waals surface area contributed by atoms with Crippen LogP contribution in [0.1, 0.15) is 24.2 Å². The highest BCUT2D eigenvalue weighted by Gasteiger charge is 2.14. The van der Waals surface area contributed by atoms with Crippen molar-refractivity contribution in [3.8, 4) is 5.88 Å². The minimum Gasteiger partial charge on any atom is -0.480 e. The van der Waals surface area contributed by atoms with Gasteiger partial charge in [-0.25, -0.2) is 0 Å². The summed E-state index contributed by atoms with van der Waals surface area (Å²) in [6, 6.07) is 8.11. The van der Waals surface area contributed by atoms with Crippen LogP contribution in [-0.2, 0) is 6.54 Å². The second-order valence-electron chi connectivity index (χ2n) is 4.78. The van der Waals surface area contributed by atoms with Gasteiger partial charge < -0.3 is 10.1 Å². The van der Waals surface area contributed by atoms with Crippen molar-refractivity contribution in [2.75, 3.05) is 7.11 Å². The van der Waals surface area contributed by atoms with Crippen LogP contribution in [0.25, 0.3) is 4.96 Å². The highest BCUT2D eigenvalue weighted by atomic mass is 35.5. The van der Waals surface area contributed by atoms with Crippen LogP contribution >= 0.6 is 22.9 Å². The average molecular weight is 322 g/mol. The Morgan fingerprint density at radius 1 is 1.38 bits per heavy atom. The number of thiazole rings is 1. The number of nitrogens with one attached hydrogen (secondary N) is 1. The molecule has 0 amide bonds. The van der Waals surface area contributed by atoms with Gasteiger partial charge in [0.1, 0.15) is 5.69 Å². The van der Waals surface area contributed by atoms with Crippen molar-refractivity contribution in [1.29, 1.82) is 0 Å². The van der Waals surface area contributed by atoms with Gasteiger partial charge in [-0.3, -0.25) is 4.40 Å². The molecule has 0 aliphatic rings. The standard InChI is InChI=1S/C15H16ClN3OS/c1-10(11-3-5-12(16)6-4-11)17-9-13-14(20-2)18-15-19(13)7-8-21-15/h3-8,10,17H,9H2,1-2H3/t10-/m0/s1. The van der Waals surface area contributed by atoms with Gasteiger partial charge in [-0.15, -0.1) is 11.3 Å². The van der Waals surface area contributed by atoms with Crippen LogP contribution in [0.4, 0.5) is 0 Å². The molecule has 0 saturated heterocycles. The van der Waals surface area contributed by atoms with Crippen molar-refractivity contribution >= 4 is 27.9 Å². The molecule has 0 saturated carbocycles. The van der Waals surface area contributed by atoms with Gasteiger partial charge in [-0.05, 0) is 24.6 Å². The Morgan fingerprint density at radius 2 is 2.14 bits per heavy atom. The molecule has 2 heterocycles. The van der Waals surface area contributed by atoms with E-state index in [-0.39, 0.29) is 6.04 Å². The second kappa shape index (κ2) is 6.05. The van der Waals surface area contributed by atoms with E-state index in [1.165, 1.54) is 5.56 Å². The van der Waals surface area contributed by atoms with Gasteiger partial charge in [-0.1, -0.05) is 23.7 Å². The molecule has 0 aliphatic heterocycles. The molecule has 4 nitrogen and oxygen atoms in total. The molecule has 0 bridgehead atoms. The first-order chi connectivity index (χ1) is 10.2. The van der Waals surface area contributed by atoms with Gasteiger partial charge in [-0.2, -0.15) is 4.98 Å². The van der Waals surface area contributed by atoms with Crippen LogP contribution in [0.15, 0.2) is 35.8 Å². The fraction of sp³-hybridized carbons (Fsp3) is 0.267. The molecule has 1 aromatic carbocycles. The number of hydrogen-bond acceptors (Lipinski definition) is 4. The summed E-state index contributed by atoms with van der Waals surface area (Å²) in [6.45, 7) is 2.81. The Kier molecular flexibility index (Phi) is 4.14. The Balaban J connectivity index is 1.76. The summed E-state index contributed by atoms with van der Waals surface area (Å²) in [5, 5.41) is 6.27. The second-order valence-corrected chi connectivity index (χ2v) is 6.09. The SMILES string of the molecule is COc1nc2sccn2c1CN[C@@H](C)c1ccc(Cl)cc1. The van der Waals surface area contributed by atoms with Crippen molar-refractivity contribution < 1.29 is 4.74 Å². The van der Waals surface area contributed by atoms with Crippen molar-refractivity contribution in [3.63, 3.8) is 0 Å². The molecule has 1 N–H and O–H groups in total. The van der Waals surface area contributed by atoms with Crippen molar-refractivity contribution in [2.24, 2.45) is 0 Å². The number of methoxy groups -OCH3 is 1. The van der Waals surface area contributed by atoms with Gasteiger partial charge >= 0.3 is 0 Å². The molecule has 0 radical (unpaired) electrons. The fourth-order valence-corrected chi connectivity index (χ4v) is 3.11. The maximum absolute atomic E-state index is 5.92. The number of halogens is 1. The van der Waals surface area contributed by atoms with Crippen LogP contribution < -0.4 is 10.1 Å². The van der Waals surface area contributed by atoms with Gasteiger partial charge in [0.2, 0.25) is 5.88 Å². The Hall–Kier alpha value is -1.56. The summed E-state index contributed by atoms with van der Waals surface area (Å²) >= 11 is 7.52. The smallest absolute Gasteiger partial charge is 0.237 e. The van der Waals surface area contributed by atoms with Crippen LogP contribution in [0.5, 0.6) is 5.88 Å². The molecule has 3 aromatic rings. The highest BCUT2D eigenvalue weighted by Crippen LogP contribution is 2.24. The van der Waals surface area contributed by atoms with E-state index in [9.17, 15) is 0 Å². The number of aromatic nitrogens is 2. The molecule has 21 heavy (non-hydrogen) atoms. The molecule has 2 aromatic heterocycles. The number of rotatable bonds is 5. The minimum atomic E-state index is 0.219. The summed E-state index contributed by atoms with van der Waals surface area (Å²) < 4.78 is 7.42. The van der Waals surface area contributed by atoms with E-state index >= 15 is 0 Å². The predicted octanol–water partition coefficient (Wildman–Crippen LogP) is 3.91. The van der Waals surface area contributed by atoms with E-state index < -0.39 is 0 Å². The third-order valence-corrected chi connectivity index (χ3v) is 4.47. The van der Waals surface area contributed by atoms with Crippen LogP contribution in [0.3, 0.4) is 0 Å². The molecule has 6 heteroatoms. The zero-order chi connectivity index (χ0) is 14.8. The summed E-state index contributed by atoms with van der Waals surface area (Å²) in [5.74, 6) is 0.678. The summed E-state index contributed by atoms with van der Waals surface area (Å²) in [6.07, 6.45) is 2.01. The first kappa shape index (κ1) is 14.4. The number of imidazole rings is 1. The van der Waals surface area contributed by atoms with Gasteiger partial charge in [0, 0.05) is 29.2 Å². The van der Waals surface area contributed by atoms with Gasteiger partial charge in [0.05, 0.1) is 7.11 Å². The summed E-state index contributed by atoms with van der Waals surface area (Å²) in [7, 11) is 1.65. The number of ether oxygens (including phenoxy) is 1. The topological polar surface area (TPSA) is 38.6 Å². The first-order valence-electron chi connectivity index (χ1n) is 6.66. The Morgan fingerprint density at radius 3 is 2.86 bits per heavy atom. The lowest BCUT2D eigenvalue weighted by Gasteiger charge is -2.14. The predicted molar refractivity (Wildman–Crippen MR) is 86.3 cm³/mol. The summed E-state index contributed by atoms with van der Waals surface area (Å²) in [4.78, 5) is 5.40. The number of fused-ring (bicyclic) bond motifs is 1. The molecule has 0 fully saturated rings. The third kappa shape index (κ3) is 2.90. The molecule has 1 atom stereocenters. The van der Waals surface area contributed by atoms with Crippen molar-refractivity contribution in [1.82, 2.24) is 14.7 Å². The molecule has 0 spiro atoms. The minimum absolute atomic E-state index is 0.219. The van der Waals surface area contributed by atoms with E-state index in [0.29, 0.717) is 12.4 Å². The molecule has 3 rings (SSSR count). The number of benzene rings is 1. The number of hydrogen-bond donors (Lipinski definition) is 1. The van der Waals surface area contributed by atoms with Crippen LogP contribution in [0, 0.1) is 0 Å². The van der Waals surface area contributed by atoms with E-state index in [4.69, 9.17) is 16.3 Å². The maximum Gasteiger partial charge on any atom is 0.237 e. The monoisotopic (exact) mass is 321 g/mol. The Labute approximate surface area is 132 Å². The van der Waals surface area contributed by atoms with Gasteiger partial charge in [0.15, 0.2) is 4.96 Å². The van der Waals surface area contributed by atoms with Crippen LogP contribution in [0.2, 0.25) is 5.02 Å². The average Bonchev–Trinajstić information content (AvgIpc) is 3.06. The molecule has 0 aliphatic carbocycles. The highest BCUT2D eigenvalue weighted by molar-refractivity contribution is 7.15. The van der Waals surface area contributed by atoms with Crippen molar-refractivity contribution in [3.05, 3.63) is 52.1 Å².